The first-order chi connectivity index (χ1) is 14.6. The third kappa shape index (κ3) is 6.26. The Kier molecular flexibility index (Phi) is 8.19. The first-order valence-corrected chi connectivity index (χ1v) is 10.4. The van der Waals surface area contributed by atoms with Crippen molar-refractivity contribution in [1.29, 1.82) is 0 Å². The molecule has 7 nitrogen and oxygen atoms in total. The number of amides is 2. The average molecular weight is 432 g/mol. The van der Waals surface area contributed by atoms with E-state index < -0.39 is 0 Å². The molecule has 2 aromatic rings. The van der Waals surface area contributed by atoms with Crippen molar-refractivity contribution in [3.63, 3.8) is 0 Å². The largest absolute Gasteiger partial charge is 0.354 e. The number of ether oxygens (including phenoxy) is 2. The summed E-state index contributed by atoms with van der Waals surface area (Å²) in [4.78, 5) is 29.2. The van der Waals surface area contributed by atoms with Crippen LogP contribution >= 0.6 is 11.6 Å². The molecule has 1 aromatic carbocycles. The van der Waals surface area contributed by atoms with E-state index in [9.17, 15) is 9.59 Å². The lowest BCUT2D eigenvalue weighted by Gasteiger charge is -2.23. The molecule has 0 bridgehead atoms. The van der Waals surface area contributed by atoms with Crippen LogP contribution in [0.3, 0.4) is 0 Å². The molecule has 1 aliphatic rings. The molecule has 2 N–H and O–H groups in total. The third-order valence-corrected chi connectivity index (χ3v) is 5.10. The van der Waals surface area contributed by atoms with Gasteiger partial charge in [-0.3, -0.25) is 9.59 Å². The molecule has 8 heteroatoms. The second-order valence-corrected chi connectivity index (χ2v) is 7.41. The summed E-state index contributed by atoms with van der Waals surface area (Å²) in [6, 6.07) is 10.6. The number of halogens is 1. The van der Waals surface area contributed by atoms with E-state index in [1.165, 1.54) is 13.1 Å². The van der Waals surface area contributed by atoms with Crippen LogP contribution in [-0.2, 0) is 15.9 Å². The number of pyridine rings is 1. The van der Waals surface area contributed by atoms with Gasteiger partial charge in [-0.25, -0.2) is 4.98 Å². The molecule has 1 aromatic heterocycles. The zero-order chi connectivity index (χ0) is 21.3. The van der Waals surface area contributed by atoms with Crippen molar-refractivity contribution in [2.75, 3.05) is 26.8 Å². The Balaban J connectivity index is 1.66. The molecule has 0 radical (unpaired) electrons. The summed E-state index contributed by atoms with van der Waals surface area (Å²) in [5.41, 5.74) is 2.05. The summed E-state index contributed by atoms with van der Waals surface area (Å²) in [6.07, 6.45) is 2.59. The van der Waals surface area contributed by atoms with Crippen molar-refractivity contribution in [2.24, 2.45) is 0 Å². The number of nitrogens with one attached hydrogen (secondary N) is 2. The van der Waals surface area contributed by atoms with Gasteiger partial charge in [-0.05, 0) is 36.6 Å². The zero-order valence-corrected chi connectivity index (χ0v) is 17.7. The minimum atomic E-state index is -0.350. The number of carbonyl (C=O) groups excluding carboxylic acids is 2. The van der Waals surface area contributed by atoms with Crippen LogP contribution in [0.1, 0.15) is 51.4 Å². The minimum Gasteiger partial charge on any atom is -0.354 e. The predicted molar refractivity (Wildman–Crippen MR) is 114 cm³/mol. The van der Waals surface area contributed by atoms with Gasteiger partial charge in [0, 0.05) is 42.7 Å². The van der Waals surface area contributed by atoms with Gasteiger partial charge < -0.3 is 20.1 Å². The predicted octanol–water partition coefficient (Wildman–Crippen LogP) is 2.96. The SMILES string of the molecule is CNC(=O)c1cc(C(=O)NCCCC2OCCCO2)cc(Cc2ccccc2Cl)n1. The lowest BCUT2D eigenvalue weighted by Crippen LogP contribution is -2.29. The molecule has 160 valence electrons. The van der Waals surface area contributed by atoms with E-state index in [2.05, 4.69) is 15.6 Å². The van der Waals surface area contributed by atoms with E-state index >= 15 is 0 Å². The molecule has 0 aliphatic carbocycles. The van der Waals surface area contributed by atoms with Crippen LogP contribution in [0.5, 0.6) is 0 Å². The first-order valence-electron chi connectivity index (χ1n) is 10.0. The summed E-state index contributed by atoms with van der Waals surface area (Å²) in [5, 5.41) is 6.05. The Labute approximate surface area is 181 Å². The fourth-order valence-electron chi connectivity index (χ4n) is 3.17. The molecular weight excluding hydrogens is 406 g/mol. The van der Waals surface area contributed by atoms with Gasteiger partial charge in [0.1, 0.15) is 5.69 Å². The Morgan fingerprint density at radius 2 is 1.93 bits per heavy atom. The molecule has 1 saturated heterocycles. The van der Waals surface area contributed by atoms with E-state index in [0.717, 1.165) is 24.8 Å². The van der Waals surface area contributed by atoms with Crippen molar-refractivity contribution in [2.45, 2.75) is 32.0 Å². The highest BCUT2D eigenvalue weighted by Crippen LogP contribution is 2.19. The average Bonchev–Trinajstić information content (AvgIpc) is 2.78. The van der Waals surface area contributed by atoms with E-state index in [0.29, 0.717) is 42.5 Å². The number of hydrogen-bond donors (Lipinski definition) is 2. The smallest absolute Gasteiger partial charge is 0.269 e. The fourth-order valence-corrected chi connectivity index (χ4v) is 3.37. The molecule has 0 spiro atoms. The number of hydrogen-bond acceptors (Lipinski definition) is 5. The first kappa shape index (κ1) is 22.2. The zero-order valence-electron chi connectivity index (χ0n) is 16.9. The van der Waals surface area contributed by atoms with Crippen LogP contribution in [-0.4, -0.2) is 49.9 Å². The lowest BCUT2D eigenvalue weighted by atomic mass is 10.1. The van der Waals surface area contributed by atoms with Crippen molar-refractivity contribution in [3.05, 3.63) is 63.9 Å². The van der Waals surface area contributed by atoms with Crippen LogP contribution in [0.2, 0.25) is 5.02 Å². The van der Waals surface area contributed by atoms with Crippen molar-refractivity contribution < 1.29 is 19.1 Å². The monoisotopic (exact) mass is 431 g/mol. The highest BCUT2D eigenvalue weighted by Gasteiger charge is 2.16. The summed E-state index contributed by atoms with van der Waals surface area (Å²) in [6.45, 7) is 1.91. The number of benzene rings is 1. The van der Waals surface area contributed by atoms with Gasteiger partial charge in [-0.1, -0.05) is 29.8 Å². The van der Waals surface area contributed by atoms with Crippen molar-refractivity contribution >= 4 is 23.4 Å². The standard InChI is InChI=1S/C22H26ClN3O4/c1-24-22(28)19-14-16(13-17(26-19)12-15-6-2-3-7-18(15)23)21(27)25-9-4-8-20-29-10-5-11-30-20/h2-3,6-7,13-14,20H,4-5,8-12H2,1H3,(H,24,28)(H,25,27). The number of nitrogens with zero attached hydrogens (tertiary/aromatic N) is 1. The highest BCUT2D eigenvalue weighted by molar-refractivity contribution is 6.31. The molecule has 30 heavy (non-hydrogen) atoms. The molecule has 2 amide bonds. The number of rotatable bonds is 8. The van der Waals surface area contributed by atoms with Crippen molar-refractivity contribution in [1.82, 2.24) is 15.6 Å². The van der Waals surface area contributed by atoms with Gasteiger partial charge in [-0.2, -0.15) is 0 Å². The Bertz CT molecular complexity index is 884. The molecule has 2 heterocycles. The van der Waals surface area contributed by atoms with Gasteiger partial charge in [0.2, 0.25) is 0 Å². The summed E-state index contributed by atoms with van der Waals surface area (Å²) in [5.74, 6) is -0.606. The second kappa shape index (κ2) is 11.1. The van der Waals surface area contributed by atoms with Crippen LogP contribution < -0.4 is 10.6 Å². The molecule has 0 unspecified atom stereocenters. The molecule has 0 saturated carbocycles. The van der Waals surface area contributed by atoms with E-state index in [1.54, 1.807) is 12.1 Å². The van der Waals surface area contributed by atoms with Crippen LogP contribution in [0.15, 0.2) is 36.4 Å². The Hall–Kier alpha value is -2.48. The highest BCUT2D eigenvalue weighted by atomic mass is 35.5. The topological polar surface area (TPSA) is 89.6 Å². The third-order valence-electron chi connectivity index (χ3n) is 4.73. The van der Waals surface area contributed by atoms with E-state index in [4.69, 9.17) is 21.1 Å². The molecule has 1 fully saturated rings. The number of carbonyl (C=O) groups is 2. The lowest BCUT2D eigenvalue weighted by molar-refractivity contribution is -0.181. The summed E-state index contributed by atoms with van der Waals surface area (Å²) >= 11 is 6.25. The van der Waals surface area contributed by atoms with Crippen molar-refractivity contribution in [3.8, 4) is 0 Å². The quantitative estimate of drug-likeness (QED) is 0.627. The van der Waals surface area contributed by atoms with Gasteiger partial charge in [-0.15, -0.1) is 0 Å². The van der Waals surface area contributed by atoms with Crippen LogP contribution in [0.25, 0.3) is 0 Å². The minimum absolute atomic E-state index is 0.191. The summed E-state index contributed by atoms with van der Waals surface area (Å²) < 4.78 is 11.0. The molecular formula is C22H26ClN3O4. The number of aromatic nitrogens is 1. The maximum Gasteiger partial charge on any atom is 0.269 e. The van der Waals surface area contributed by atoms with Gasteiger partial charge in [0.15, 0.2) is 6.29 Å². The maximum atomic E-state index is 12.7. The fraction of sp³-hybridized carbons (Fsp3) is 0.409. The molecule has 3 rings (SSSR count). The molecule has 0 atom stereocenters. The van der Waals surface area contributed by atoms with Gasteiger partial charge >= 0.3 is 0 Å². The Morgan fingerprint density at radius 1 is 1.17 bits per heavy atom. The van der Waals surface area contributed by atoms with Gasteiger partial charge in [0.25, 0.3) is 11.8 Å². The Morgan fingerprint density at radius 3 is 2.67 bits per heavy atom. The van der Waals surface area contributed by atoms with Crippen LogP contribution in [0, 0.1) is 0 Å². The summed E-state index contributed by atoms with van der Waals surface area (Å²) in [7, 11) is 1.53. The normalized spacial score (nSPS) is 14.3. The van der Waals surface area contributed by atoms with E-state index in [-0.39, 0.29) is 23.8 Å². The van der Waals surface area contributed by atoms with Gasteiger partial charge in [0.05, 0.1) is 13.2 Å². The van der Waals surface area contributed by atoms with Crippen LogP contribution in [0.4, 0.5) is 0 Å². The molecule has 1 aliphatic heterocycles. The van der Waals surface area contributed by atoms with E-state index in [1.807, 2.05) is 18.2 Å². The maximum absolute atomic E-state index is 12.7. The second-order valence-electron chi connectivity index (χ2n) is 7.00.